The fraction of sp³-hybridized carbons (Fsp3) is 0.500. The second-order valence-electron chi connectivity index (χ2n) is 5.00. The van der Waals surface area contributed by atoms with E-state index in [1.807, 2.05) is 0 Å². The maximum atomic E-state index is 13.3. The lowest BCUT2D eigenvalue weighted by molar-refractivity contribution is 0.610. The molecule has 3 nitrogen and oxygen atoms in total. The Morgan fingerprint density at radius 2 is 2.28 bits per heavy atom. The summed E-state index contributed by atoms with van der Waals surface area (Å²) in [5, 5.41) is 3.43. The first-order valence-electron chi connectivity index (χ1n) is 6.60. The second-order valence-corrected chi connectivity index (χ2v) is 5.00. The minimum absolute atomic E-state index is 0.251. The summed E-state index contributed by atoms with van der Waals surface area (Å²) < 4.78 is 13.3. The van der Waals surface area contributed by atoms with Crippen LogP contribution in [0.5, 0.6) is 0 Å². The maximum absolute atomic E-state index is 13.3. The molecule has 1 saturated carbocycles. The molecule has 1 aromatic heterocycles. The van der Waals surface area contributed by atoms with Gasteiger partial charge in [0.15, 0.2) is 0 Å². The van der Waals surface area contributed by atoms with Gasteiger partial charge in [0, 0.05) is 31.2 Å². The van der Waals surface area contributed by atoms with Gasteiger partial charge in [-0.25, -0.2) is 9.37 Å². The molecule has 2 heterocycles. The second kappa shape index (κ2) is 5.06. The van der Waals surface area contributed by atoms with Gasteiger partial charge in [-0.3, -0.25) is 0 Å². The Morgan fingerprint density at radius 3 is 3.00 bits per heavy atom. The summed E-state index contributed by atoms with van der Waals surface area (Å²) in [4.78, 5) is 6.49. The Kier molecular flexibility index (Phi) is 3.28. The van der Waals surface area contributed by atoms with Crippen molar-refractivity contribution in [3.63, 3.8) is 0 Å². The Morgan fingerprint density at radius 1 is 1.39 bits per heavy atom. The molecular formula is C14H18FN3. The van der Waals surface area contributed by atoms with Crippen LogP contribution in [-0.4, -0.2) is 24.1 Å². The van der Waals surface area contributed by atoms with Gasteiger partial charge in [-0.15, -0.1) is 0 Å². The van der Waals surface area contributed by atoms with E-state index in [0.717, 1.165) is 30.9 Å². The highest BCUT2D eigenvalue weighted by Crippen LogP contribution is 2.23. The van der Waals surface area contributed by atoms with Gasteiger partial charge in [0.05, 0.1) is 6.20 Å². The van der Waals surface area contributed by atoms with E-state index in [2.05, 4.69) is 27.4 Å². The Labute approximate surface area is 107 Å². The van der Waals surface area contributed by atoms with Crippen LogP contribution in [0.4, 0.5) is 10.2 Å². The number of anilines is 1. The molecule has 0 amide bonds. The number of nitrogens with zero attached hydrogens (tertiary/aromatic N) is 2. The van der Waals surface area contributed by atoms with Gasteiger partial charge in [0.1, 0.15) is 11.6 Å². The van der Waals surface area contributed by atoms with E-state index in [0.29, 0.717) is 12.6 Å². The summed E-state index contributed by atoms with van der Waals surface area (Å²) in [6.45, 7) is 2.55. The van der Waals surface area contributed by atoms with Crippen LogP contribution in [0.25, 0.3) is 0 Å². The largest absolute Gasteiger partial charge is 0.352 e. The highest BCUT2D eigenvalue weighted by molar-refractivity contribution is 5.48. The van der Waals surface area contributed by atoms with Crippen LogP contribution in [0.15, 0.2) is 24.4 Å². The zero-order chi connectivity index (χ0) is 12.4. The van der Waals surface area contributed by atoms with Crippen LogP contribution in [0, 0.1) is 5.82 Å². The third-order valence-electron chi connectivity index (χ3n) is 3.43. The molecule has 1 fully saturated rings. The smallest absolute Gasteiger partial charge is 0.141 e. The molecule has 1 aromatic rings. The number of pyridine rings is 1. The van der Waals surface area contributed by atoms with Crippen LogP contribution < -0.4 is 10.2 Å². The minimum Gasteiger partial charge on any atom is -0.352 e. The molecular weight excluding hydrogens is 229 g/mol. The summed E-state index contributed by atoms with van der Waals surface area (Å²) in [6.07, 6.45) is 9.16. The fourth-order valence-electron chi connectivity index (χ4n) is 2.26. The quantitative estimate of drug-likeness (QED) is 0.827. The molecule has 0 atom stereocenters. The average Bonchev–Trinajstić information content (AvgIpc) is 3.21. The van der Waals surface area contributed by atoms with Gasteiger partial charge in [0.2, 0.25) is 0 Å². The third-order valence-corrected chi connectivity index (χ3v) is 3.43. The SMILES string of the molecule is Fc1cnc(N2CC=CCC2)c(CNC2CC2)c1. The van der Waals surface area contributed by atoms with E-state index in [1.54, 1.807) is 6.07 Å². The molecule has 18 heavy (non-hydrogen) atoms. The number of hydrogen-bond donors (Lipinski definition) is 1. The molecule has 1 N–H and O–H groups in total. The van der Waals surface area contributed by atoms with Crippen molar-refractivity contribution >= 4 is 5.82 Å². The molecule has 0 radical (unpaired) electrons. The average molecular weight is 247 g/mol. The maximum Gasteiger partial charge on any atom is 0.141 e. The Hall–Kier alpha value is -1.42. The van der Waals surface area contributed by atoms with Crippen LogP contribution in [0.1, 0.15) is 24.8 Å². The van der Waals surface area contributed by atoms with Gasteiger partial charge >= 0.3 is 0 Å². The molecule has 0 unspecified atom stereocenters. The summed E-state index contributed by atoms with van der Waals surface area (Å²) in [6, 6.07) is 2.23. The van der Waals surface area contributed by atoms with E-state index in [9.17, 15) is 4.39 Å². The van der Waals surface area contributed by atoms with Crippen LogP contribution >= 0.6 is 0 Å². The van der Waals surface area contributed by atoms with Gasteiger partial charge in [-0.2, -0.15) is 0 Å². The van der Waals surface area contributed by atoms with E-state index < -0.39 is 0 Å². The molecule has 1 aliphatic carbocycles. The Balaban J connectivity index is 1.79. The zero-order valence-electron chi connectivity index (χ0n) is 10.4. The summed E-state index contributed by atoms with van der Waals surface area (Å²) in [5.74, 6) is 0.674. The molecule has 0 saturated heterocycles. The van der Waals surface area contributed by atoms with Gasteiger partial charge in [-0.05, 0) is 25.3 Å². The highest BCUT2D eigenvalue weighted by atomic mass is 19.1. The van der Waals surface area contributed by atoms with E-state index in [4.69, 9.17) is 0 Å². The lowest BCUT2D eigenvalue weighted by atomic mass is 10.2. The van der Waals surface area contributed by atoms with Crippen molar-refractivity contribution in [2.45, 2.75) is 31.8 Å². The molecule has 0 bridgehead atoms. The number of rotatable bonds is 4. The zero-order valence-corrected chi connectivity index (χ0v) is 10.4. The molecule has 1 aliphatic heterocycles. The van der Waals surface area contributed by atoms with Crippen molar-refractivity contribution in [1.29, 1.82) is 0 Å². The molecule has 3 rings (SSSR count). The molecule has 2 aliphatic rings. The normalized spacial score (nSPS) is 19.3. The van der Waals surface area contributed by atoms with E-state index >= 15 is 0 Å². The number of halogens is 1. The minimum atomic E-state index is -0.251. The third kappa shape index (κ3) is 2.70. The van der Waals surface area contributed by atoms with Crippen molar-refractivity contribution in [3.8, 4) is 0 Å². The Bertz CT molecular complexity index is 454. The van der Waals surface area contributed by atoms with Crippen molar-refractivity contribution in [2.24, 2.45) is 0 Å². The lowest BCUT2D eigenvalue weighted by Gasteiger charge is -2.26. The number of hydrogen-bond acceptors (Lipinski definition) is 3. The monoisotopic (exact) mass is 247 g/mol. The van der Waals surface area contributed by atoms with Crippen LogP contribution in [0.3, 0.4) is 0 Å². The predicted octanol–water partition coefficient (Wildman–Crippen LogP) is 2.24. The standard InChI is InChI=1S/C14H18FN3/c15-12-8-11(9-16-13-4-5-13)14(17-10-12)18-6-2-1-3-7-18/h1-2,8,10,13,16H,3-7,9H2. The first-order chi connectivity index (χ1) is 8.83. The highest BCUT2D eigenvalue weighted by Gasteiger charge is 2.21. The fourth-order valence-corrected chi connectivity index (χ4v) is 2.26. The lowest BCUT2D eigenvalue weighted by Crippen LogP contribution is -2.30. The first-order valence-corrected chi connectivity index (χ1v) is 6.60. The first kappa shape index (κ1) is 11.7. The number of aromatic nitrogens is 1. The molecule has 4 heteroatoms. The summed E-state index contributed by atoms with van der Waals surface area (Å²) in [7, 11) is 0. The van der Waals surface area contributed by atoms with Gasteiger partial charge in [0.25, 0.3) is 0 Å². The van der Waals surface area contributed by atoms with Crippen molar-refractivity contribution in [1.82, 2.24) is 10.3 Å². The topological polar surface area (TPSA) is 28.2 Å². The molecule has 0 spiro atoms. The van der Waals surface area contributed by atoms with Crippen molar-refractivity contribution in [3.05, 3.63) is 35.8 Å². The van der Waals surface area contributed by atoms with Gasteiger partial charge in [-0.1, -0.05) is 12.2 Å². The van der Waals surface area contributed by atoms with Crippen LogP contribution in [-0.2, 0) is 6.54 Å². The summed E-state index contributed by atoms with van der Waals surface area (Å²) >= 11 is 0. The van der Waals surface area contributed by atoms with Crippen LogP contribution in [0.2, 0.25) is 0 Å². The van der Waals surface area contributed by atoms with Crippen molar-refractivity contribution < 1.29 is 4.39 Å². The van der Waals surface area contributed by atoms with Gasteiger partial charge < -0.3 is 10.2 Å². The van der Waals surface area contributed by atoms with E-state index in [-0.39, 0.29) is 5.82 Å². The molecule has 96 valence electrons. The van der Waals surface area contributed by atoms with Crippen molar-refractivity contribution in [2.75, 3.05) is 18.0 Å². The predicted molar refractivity (Wildman–Crippen MR) is 70.0 cm³/mol. The van der Waals surface area contributed by atoms with E-state index in [1.165, 1.54) is 19.0 Å². The number of nitrogens with one attached hydrogen (secondary N) is 1. The summed E-state index contributed by atoms with van der Waals surface area (Å²) in [5.41, 5.74) is 0.970. The molecule has 0 aromatic carbocycles.